The number of amides is 2. The predicted molar refractivity (Wildman–Crippen MR) is 182 cm³/mol. The average Bonchev–Trinajstić information content (AvgIpc) is 3.64. The lowest BCUT2D eigenvalue weighted by molar-refractivity contribution is -0.132. The van der Waals surface area contributed by atoms with Crippen LogP contribution in [-0.4, -0.2) is 110 Å². The highest BCUT2D eigenvalue weighted by atomic mass is 16.2. The van der Waals surface area contributed by atoms with Crippen LogP contribution in [0.15, 0.2) is 57.6 Å². The summed E-state index contributed by atoms with van der Waals surface area (Å²) in [5, 5.41) is 20.2. The van der Waals surface area contributed by atoms with Gasteiger partial charge in [0.1, 0.15) is 35.1 Å². The molecule has 3 aliphatic rings. The number of aromatic nitrogens is 1. The summed E-state index contributed by atoms with van der Waals surface area (Å²) >= 11 is 0. The molecule has 46 heavy (non-hydrogen) atoms. The van der Waals surface area contributed by atoms with E-state index in [-0.39, 0.29) is 41.2 Å². The van der Waals surface area contributed by atoms with Gasteiger partial charge in [-0.2, -0.15) is 5.10 Å². The van der Waals surface area contributed by atoms with Crippen LogP contribution in [0.2, 0.25) is 0 Å². The molecule has 5 rings (SSSR count). The van der Waals surface area contributed by atoms with Crippen molar-refractivity contribution < 1.29 is 9.59 Å². The SMILES string of the molecule is CN=CN=C(N)c1ccc(C2=CCN(C(=O)CN3CC[C@]4(CCN(c5ccc(N)c(C(=N)C(=N)/C=N\NC)n5)C4=O)C3)CC2)cc1. The number of carbonyl (C=O) groups excluding carboxylic acids is 2. The number of carbonyl (C=O) groups is 2. The second-order valence-electron chi connectivity index (χ2n) is 11.6. The number of benzene rings is 1. The van der Waals surface area contributed by atoms with Crippen LogP contribution in [0, 0.1) is 16.2 Å². The fraction of sp³-hybridized carbons (Fsp3) is 0.375. The molecule has 1 spiro atoms. The highest BCUT2D eigenvalue weighted by Crippen LogP contribution is 2.42. The summed E-state index contributed by atoms with van der Waals surface area (Å²) in [4.78, 5) is 45.0. The topological polar surface area (TPSA) is 206 Å². The second-order valence-corrected chi connectivity index (χ2v) is 11.6. The molecule has 2 saturated heterocycles. The predicted octanol–water partition coefficient (Wildman–Crippen LogP) is 1.36. The second kappa shape index (κ2) is 13.8. The molecular formula is C32H40N12O2. The molecule has 2 aromatic rings. The molecule has 0 unspecified atom stereocenters. The Kier molecular flexibility index (Phi) is 9.66. The van der Waals surface area contributed by atoms with Crippen molar-refractivity contribution in [2.24, 2.45) is 26.2 Å². The van der Waals surface area contributed by atoms with Crippen LogP contribution in [0.25, 0.3) is 5.57 Å². The van der Waals surface area contributed by atoms with Gasteiger partial charge in [-0.15, -0.1) is 0 Å². The fourth-order valence-electron chi connectivity index (χ4n) is 6.14. The zero-order valence-electron chi connectivity index (χ0n) is 26.2. The minimum absolute atomic E-state index is 0.0351. The molecule has 2 fully saturated rings. The maximum Gasteiger partial charge on any atom is 0.237 e. The summed E-state index contributed by atoms with van der Waals surface area (Å²) in [6.07, 6.45) is 6.80. The molecule has 14 heteroatoms. The third-order valence-corrected chi connectivity index (χ3v) is 8.75. The zero-order valence-corrected chi connectivity index (χ0v) is 26.2. The smallest absolute Gasteiger partial charge is 0.237 e. The highest BCUT2D eigenvalue weighted by Gasteiger charge is 2.51. The van der Waals surface area contributed by atoms with Crippen molar-refractivity contribution in [1.82, 2.24) is 20.2 Å². The quantitative estimate of drug-likeness (QED) is 0.149. The third kappa shape index (κ3) is 6.71. The van der Waals surface area contributed by atoms with Crippen LogP contribution >= 0.6 is 0 Å². The summed E-state index contributed by atoms with van der Waals surface area (Å²) in [7, 11) is 3.23. The number of anilines is 2. The van der Waals surface area contributed by atoms with E-state index in [1.807, 2.05) is 29.2 Å². The van der Waals surface area contributed by atoms with E-state index in [2.05, 4.69) is 36.5 Å². The van der Waals surface area contributed by atoms with E-state index in [1.165, 1.54) is 18.1 Å². The Morgan fingerprint density at radius 3 is 2.59 bits per heavy atom. The summed E-state index contributed by atoms with van der Waals surface area (Å²) in [6.45, 7) is 3.09. The Morgan fingerprint density at radius 1 is 1.13 bits per heavy atom. The maximum atomic E-state index is 13.8. The molecular weight excluding hydrogens is 584 g/mol. The number of amidine groups is 1. The molecule has 2 amide bonds. The van der Waals surface area contributed by atoms with Crippen molar-refractivity contribution in [2.75, 3.05) is 64.0 Å². The molecule has 0 bridgehead atoms. The number of likely N-dealkylation sites (tertiary alicyclic amines) is 1. The van der Waals surface area contributed by atoms with Crippen LogP contribution in [0.3, 0.4) is 0 Å². The van der Waals surface area contributed by atoms with Crippen molar-refractivity contribution in [3.63, 3.8) is 0 Å². The number of rotatable bonds is 10. The largest absolute Gasteiger partial charge is 0.397 e. The lowest BCUT2D eigenvalue weighted by Gasteiger charge is -2.29. The van der Waals surface area contributed by atoms with Gasteiger partial charge in [-0.25, -0.2) is 9.98 Å². The van der Waals surface area contributed by atoms with E-state index >= 15 is 0 Å². The molecule has 4 heterocycles. The molecule has 7 N–H and O–H groups in total. The molecule has 0 radical (unpaired) electrons. The number of pyridine rings is 1. The monoisotopic (exact) mass is 624 g/mol. The van der Waals surface area contributed by atoms with E-state index in [0.717, 1.165) is 17.5 Å². The van der Waals surface area contributed by atoms with Crippen LogP contribution in [-0.2, 0) is 9.59 Å². The van der Waals surface area contributed by atoms with Crippen LogP contribution in [0.1, 0.15) is 36.1 Å². The molecule has 1 atom stereocenters. The van der Waals surface area contributed by atoms with Crippen molar-refractivity contribution in [3.05, 3.63) is 59.3 Å². The summed E-state index contributed by atoms with van der Waals surface area (Å²) in [6, 6.07) is 11.2. The number of nitrogens with zero attached hydrogens (tertiary/aromatic N) is 7. The molecule has 3 aliphatic heterocycles. The van der Waals surface area contributed by atoms with E-state index in [0.29, 0.717) is 57.2 Å². The van der Waals surface area contributed by atoms with Gasteiger partial charge in [-0.3, -0.25) is 35.2 Å². The Bertz CT molecular complexity index is 1640. The molecule has 1 aromatic carbocycles. The minimum atomic E-state index is -0.582. The number of hydrogen-bond acceptors (Lipinski definition) is 10. The van der Waals surface area contributed by atoms with Crippen LogP contribution in [0.5, 0.6) is 0 Å². The number of nitrogens with two attached hydrogens (primary N) is 2. The highest BCUT2D eigenvalue weighted by molar-refractivity contribution is 6.64. The fourth-order valence-corrected chi connectivity index (χ4v) is 6.14. The molecule has 0 saturated carbocycles. The maximum absolute atomic E-state index is 13.8. The lowest BCUT2D eigenvalue weighted by Crippen LogP contribution is -2.43. The van der Waals surface area contributed by atoms with Gasteiger partial charge in [0.05, 0.1) is 23.9 Å². The average molecular weight is 625 g/mol. The van der Waals surface area contributed by atoms with Gasteiger partial charge in [0.25, 0.3) is 0 Å². The zero-order chi connectivity index (χ0) is 32.8. The van der Waals surface area contributed by atoms with Crippen molar-refractivity contribution in [2.45, 2.75) is 19.3 Å². The van der Waals surface area contributed by atoms with E-state index in [1.54, 1.807) is 31.1 Å². The first-order chi connectivity index (χ1) is 22.2. The molecule has 0 aliphatic carbocycles. The molecule has 1 aromatic heterocycles. The Labute approximate surface area is 268 Å². The standard InChI is InChI=1S/C32H40N12O2/c1-37-20-39-30(36)23-5-3-21(4-6-23)22-9-13-43(14-10-22)27(45)18-42-15-11-32(19-42)12-16-44(31(32)46)26-8-7-24(33)29(41-26)28(35)25(34)17-40-38-2/h3-9,17,20,34-35,38H,10-16,18-19,33H2,1-2H3,(H2,36,37,39)/b34-25?,35-28?,40-17-/t32-/m0/s1. The summed E-state index contributed by atoms with van der Waals surface area (Å²) in [5.74, 6) is 0.826. The van der Waals surface area contributed by atoms with Crippen LogP contribution in [0.4, 0.5) is 11.5 Å². The molecule has 240 valence electrons. The number of nitrogens with one attached hydrogen (secondary N) is 3. The van der Waals surface area contributed by atoms with Crippen molar-refractivity contribution >= 4 is 58.7 Å². The number of aliphatic imine (C=N–C) groups is 2. The normalized spacial score (nSPS) is 20.7. The first kappa shape index (κ1) is 32.2. The van der Waals surface area contributed by atoms with Gasteiger partial charge in [0, 0.05) is 45.8 Å². The third-order valence-electron chi connectivity index (χ3n) is 8.75. The van der Waals surface area contributed by atoms with Gasteiger partial charge in [0.15, 0.2) is 0 Å². The van der Waals surface area contributed by atoms with Gasteiger partial charge < -0.3 is 21.8 Å². The lowest BCUT2D eigenvalue weighted by atomic mass is 9.85. The number of hydrazone groups is 1. The van der Waals surface area contributed by atoms with Crippen LogP contribution < -0.4 is 21.8 Å². The first-order valence-corrected chi connectivity index (χ1v) is 15.2. The minimum Gasteiger partial charge on any atom is -0.397 e. The number of hydrogen-bond donors (Lipinski definition) is 5. The van der Waals surface area contributed by atoms with Gasteiger partial charge in [-0.1, -0.05) is 30.3 Å². The molecule has 14 nitrogen and oxygen atoms in total. The van der Waals surface area contributed by atoms with Crippen molar-refractivity contribution in [3.8, 4) is 0 Å². The number of nitrogen functional groups attached to an aromatic ring is 1. The Balaban J connectivity index is 1.17. The van der Waals surface area contributed by atoms with E-state index in [4.69, 9.17) is 22.3 Å². The Hall–Kier alpha value is -5.24. The first-order valence-electron chi connectivity index (χ1n) is 15.2. The van der Waals surface area contributed by atoms with Crippen molar-refractivity contribution in [1.29, 1.82) is 10.8 Å². The van der Waals surface area contributed by atoms with Gasteiger partial charge in [0.2, 0.25) is 11.8 Å². The summed E-state index contributed by atoms with van der Waals surface area (Å²) < 4.78 is 0. The van der Waals surface area contributed by atoms with Gasteiger partial charge >= 0.3 is 0 Å². The van der Waals surface area contributed by atoms with E-state index < -0.39 is 5.41 Å². The van der Waals surface area contributed by atoms with Gasteiger partial charge in [-0.05, 0) is 49.1 Å². The van der Waals surface area contributed by atoms with E-state index in [9.17, 15) is 9.59 Å². The summed E-state index contributed by atoms with van der Waals surface area (Å²) in [5.41, 5.74) is 17.2. The Morgan fingerprint density at radius 2 is 1.89 bits per heavy atom.